The van der Waals surface area contributed by atoms with E-state index < -0.39 is 0 Å². The highest BCUT2D eigenvalue weighted by atomic mass is 15.2. The van der Waals surface area contributed by atoms with Crippen LogP contribution in [0.1, 0.15) is 47.0 Å². The summed E-state index contributed by atoms with van der Waals surface area (Å²) in [5.41, 5.74) is 1.17. The minimum atomic E-state index is 0.581. The molecule has 82 valence electrons. The molecule has 2 unspecified atom stereocenters. The molecule has 14 heavy (non-hydrogen) atoms. The van der Waals surface area contributed by atoms with Crippen LogP contribution < -0.4 is 0 Å². The number of hydrogen-bond donors (Lipinski definition) is 0. The topological polar surface area (TPSA) is 3.24 Å². The van der Waals surface area contributed by atoms with E-state index in [1.807, 2.05) is 0 Å². The molecular formula is C13H25N. The fraction of sp³-hybridized carbons (Fsp3) is 1.00. The fourth-order valence-electron chi connectivity index (χ4n) is 3.63. The first-order valence-electron chi connectivity index (χ1n) is 6.22. The number of nitrogens with zero attached hydrogens (tertiary/aromatic N) is 1. The lowest BCUT2D eigenvalue weighted by atomic mass is 9.63. The van der Waals surface area contributed by atoms with Crippen LogP contribution in [0, 0.1) is 16.7 Å². The van der Waals surface area contributed by atoms with Crippen molar-refractivity contribution >= 4 is 0 Å². The zero-order chi connectivity index (χ0) is 10.4. The van der Waals surface area contributed by atoms with E-state index >= 15 is 0 Å². The third-order valence-corrected chi connectivity index (χ3v) is 5.21. The molecule has 0 spiro atoms. The Morgan fingerprint density at radius 1 is 1.29 bits per heavy atom. The van der Waals surface area contributed by atoms with Crippen LogP contribution in [0.25, 0.3) is 0 Å². The predicted molar refractivity (Wildman–Crippen MR) is 61.3 cm³/mol. The summed E-state index contributed by atoms with van der Waals surface area (Å²) in [5, 5.41) is 0. The van der Waals surface area contributed by atoms with Gasteiger partial charge in [-0.15, -0.1) is 0 Å². The zero-order valence-corrected chi connectivity index (χ0v) is 10.3. The van der Waals surface area contributed by atoms with Crippen LogP contribution in [0.2, 0.25) is 0 Å². The molecule has 1 aliphatic carbocycles. The maximum atomic E-state index is 2.70. The molecule has 2 atom stereocenters. The third kappa shape index (κ3) is 1.32. The van der Waals surface area contributed by atoms with Gasteiger partial charge in [0.15, 0.2) is 0 Å². The maximum Gasteiger partial charge on any atom is 0.00407 e. The monoisotopic (exact) mass is 195 g/mol. The lowest BCUT2D eigenvalue weighted by Crippen LogP contribution is -2.52. The van der Waals surface area contributed by atoms with Gasteiger partial charge in [-0.2, -0.15) is 0 Å². The molecule has 0 aromatic rings. The Balaban J connectivity index is 2.14. The quantitative estimate of drug-likeness (QED) is 0.654. The Morgan fingerprint density at radius 2 is 2.00 bits per heavy atom. The number of rotatable bonds is 2. The second-order valence-corrected chi connectivity index (χ2v) is 6.25. The van der Waals surface area contributed by atoms with E-state index in [0.29, 0.717) is 10.8 Å². The second kappa shape index (κ2) is 3.23. The maximum absolute atomic E-state index is 2.70. The van der Waals surface area contributed by atoms with Crippen LogP contribution >= 0.6 is 0 Å². The fourth-order valence-corrected chi connectivity index (χ4v) is 3.63. The summed E-state index contributed by atoms with van der Waals surface area (Å²) < 4.78 is 0. The highest BCUT2D eigenvalue weighted by Crippen LogP contribution is 2.58. The summed E-state index contributed by atoms with van der Waals surface area (Å²) in [4.78, 5) is 2.70. The number of piperidine rings is 1. The average Bonchev–Trinajstić information content (AvgIpc) is 2.27. The average molecular weight is 195 g/mol. The van der Waals surface area contributed by atoms with Crippen LogP contribution in [0.15, 0.2) is 0 Å². The van der Waals surface area contributed by atoms with Crippen molar-refractivity contribution in [1.29, 1.82) is 0 Å². The third-order valence-electron chi connectivity index (χ3n) is 5.21. The van der Waals surface area contributed by atoms with E-state index in [1.54, 1.807) is 0 Å². The van der Waals surface area contributed by atoms with Gasteiger partial charge in [-0.1, -0.05) is 27.7 Å². The van der Waals surface area contributed by atoms with Crippen molar-refractivity contribution in [2.45, 2.75) is 47.0 Å². The van der Waals surface area contributed by atoms with Gasteiger partial charge in [-0.25, -0.2) is 0 Å². The summed E-state index contributed by atoms with van der Waals surface area (Å²) in [5.74, 6) is 0.952. The smallest absolute Gasteiger partial charge is 0.00407 e. The first kappa shape index (κ1) is 10.5. The molecule has 1 heteroatoms. The van der Waals surface area contributed by atoms with Gasteiger partial charge in [-0.05, 0) is 42.6 Å². The molecule has 2 bridgehead atoms. The van der Waals surface area contributed by atoms with Crippen molar-refractivity contribution in [1.82, 2.24) is 4.90 Å². The molecule has 1 saturated heterocycles. The van der Waals surface area contributed by atoms with Gasteiger partial charge in [0.2, 0.25) is 0 Å². The van der Waals surface area contributed by atoms with E-state index in [9.17, 15) is 0 Å². The van der Waals surface area contributed by atoms with E-state index in [1.165, 1.54) is 38.9 Å². The van der Waals surface area contributed by atoms with E-state index in [0.717, 1.165) is 5.92 Å². The Hall–Kier alpha value is -0.0400. The van der Waals surface area contributed by atoms with Crippen molar-refractivity contribution in [3.05, 3.63) is 0 Å². The molecule has 0 radical (unpaired) electrons. The van der Waals surface area contributed by atoms with Gasteiger partial charge in [0.25, 0.3) is 0 Å². The SMILES string of the molecule is CCCN1CC2CCC(C)(C1)C2(C)C. The Morgan fingerprint density at radius 3 is 2.57 bits per heavy atom. The van der Waals surface area contributed by atoms with Crippen molar-refractivity contribution in [3.63, 3.8) is 0 Å². The second-order valence-electron chi connectivity index (χ2n) is 6.25. The lowest BCUT2D eigenvalue weighted by Gasteiger charge is -2.50. The van der Waals surface area contributed by atoms with Crippen LogP contribution in [0.4, 0.5) is 0 Å². The van der Waals surface area contributed by atoms with Crippen LogP contribution in [-0.2, 0) is 0 Å². The molecule has 1 aliphatic heterocycles. The Bertz CT molecular complexity index is 221. The van der Waals surface area contributed by atoms with Gasteiger partial charge in [0, 0.05) is 13.1 Å². The van der Waals surface area contributed by atoms with Crippen LogP contribution in [0.3, 0.4) is 0 Å². The molecule has 2 aliphatic rings. The predicted octanol–water partition coefficient (Wildman–Crippen LogP) is 3.15. The minimum absolute atomic E-state index is 0.581. The highest BCUT2D eigenvalue weighted by molar-refractivity contribution is 5.05. The Kier molecular flexibility index (Phi) is 2.42. The summed E-state index contributed by atoms with van der Waals surface area (Å²) in [7, 11) is 0. The molecule has 1 heterocycles. The standard InChI is InChI=1S/C13H25N/c1-5-8-14-9-11-6-7-13(4,10-14)12(11,2)3/h11H,5-10H2,1-4H3. The minimum Gasteiger partial charge on any atom is -0.302 e. The van der Waals surface area contributed by atoms with Crippen molar-refractivity contribution in [3.8, 4) is 0 Å². The molecule has 1 nitrogen and oxygen atoms in total. The molecule has 0 aromatic heterocycles. The molecule has 0 N–H and O–H groups in total. The van der Waals surface area contributed by atoms with Crippen LogP contribution in [0.5, 0.6) is 0 Å². The summed E-state index contributed by atoms with van der Waals surface area (Å²) in [6.45, 7) is 13.8. The molecule has 1 saturated carbocycles. The summed E-state index contributed by atoms with van der Waals surface area (Å²) >= 11 is 0. The van der Waals surface area contributed by atoms with Gasteiger partial charge in [-0.3, -0.25) is 0 Å². The molecule has 2 fully saturated rings. The van der Waals surface area contributed by atoms with Crippen LogP contribution in [-0.4, -0.2) is 24.5 Å². The summed E-state index contributed by atoms with van der Waals surface area (Å²) in [6.07, 6.45) is 4.22. The van der Waals surface area contributed by atoms with Gasteiger partial charge >= 0.3 is 0 Å². The van der Waals surface area contributed by atoms with Gasteiger partial charge in [0.05, 0.1) is 0 Å². The highest BCUT2D eigenvalue weighted by Gasteiger charge is 2.54. The van der Waals surface area contributed by atoms with E-state index in [-0.39, 0.29) is 0 Å². The zero-order valence-electron chi connectivity index (χ0n) is 10.3. The van der Waals surface area contributed by atoms with E-state index in [4.69, 9.17) is 0 Å². The van der Waals surface area contributed by atoms with Gasteiger partial charge in [0.1, 0.15) is 0 Å². The number of hydrogen-bond acceptors (Lipinski definition) is 1. The molecule has 2 rings (SSSR count). The van der Waals surface area contributed by atoms with Gasteiger partial charge < -0.3 is 4.90 Å². The first-order valence-corrected chi connectivity index (χ1v) is 6.22. The molecular weight excluding hydrogens is 170 g/mol. The molecule has 0 amide bonds. The summed E-state index contributed by atoms with van der Waals surface area (Å²) in [6, 6.07) is 0. The first-order chi connectivity index (χ1) is 6.49. The Labute approximate surface area is 88.9 Å². The largest absolute Gasteiger partial charge is 0.302 e. The van der Waals surface area contributed by atoms with Crippen molar-refractivity contribution < 1.29 is 0 Å². The molecule has 0 aromatic carbocycles. The van der Waals surface area contributed by atoms with Crippen molar-refractivity contribution in [2.24, 2.45) is 16.7 Å². The van der Waals surface area contributed by atoms with E-state index in [2.05, 4.69) is 32.6 Å². The normalized spacial score (nSPS) is 41.6. The number of likely N-dealkylation sites (tertiary alicyclic amines) is 1. The number of fused-ring (bicyclic) bond motifs is 2. The van der Waals surface area contributed by atoms with Crippen molar-refractivity contribution in [2.75, 3.05) is 19.6 Å². The lowest BCUT2D eigenvalue weighted by molar-refractivity contribution is -0.0173.